The van der Waals surface area contributed by atoms with E-state index < -0.39 is 23.5 Å². The van der Waals surface area contributed by atoms with Gasteiger partial charge in [0.1, 0.15) is 11.4 Å². The van der Waals surface area contributed by atoms with Crippen LogP contribution in [0.2, 0.25) is 0 Å². The number of esters is 2. The van der Waals surface area contributed by atoms with E-state index in [9.17, 15) is 14.0 Å². The lowest BCUT2D eigenvalue weighted by molar-refractivity contribution is -0.222. The van der Waals surface area contributed by atoms with Gasteiger partial charge in [0, 0.05) is 31.8 Å². The van der Waals surface area contributed by atoms with Crippen LogP contribution in [0.3, 0.4) is 0 Å². The molecular weight excluding hydrogens is 291 g/mol. The molecular formula is C15H13FN2O4. The molecule has 1 aromatic carbocycles. The predicted molar refractivity (Wildman–Crippen MR) is 74.9 cm³/mol. The van der Waals surface area contributed by atoms with Gasteiger partial charge in [-0.05, 0) is 18.2 Å². The number of ether oxygens (including phenoxy) is 2. The monoisotopic (exact) mass is 304 g/mol. The van der Waals surface area contributed by atoms with Crippen LogP contribution in [0.1, 0.15) is 19.4 Å². The first kappa shape index (κ1) is 14.2. The Hall–Kier alpha value is -2.70. The molecule has 7 heteroatoms. The molecule has 0 N–H and O–H groups in total. The predicted octanol–water partition coefficient (Wildman–Crippen LogP) is 1.93. The van der Waals surface area contributed by atoms with Crippen LogP contribution in [0.15, 0.2) is 23.9 Å². The summed E-state index contributed by atoms with van der Waals surface area (Å²) in [5, 5.41) is 4.64. The Bertz CT molecular complexity index is 813. The summed E-state index contributed by atoms with van der Waals surface area (Å²) in [6.07, 6.45) is 2.66. The van der Waals surface area contributed by atoms with E-state index in [0.717, 1.165) is 6.08 Å². The van der Waals surface area contributed by atoms with E-state index in [1.165, 1.54) is 32.2 Å². The smallest absolute Gasteiger partial charge is 0.348 e. The largest absolute Gasteiger partial charge is 0.419 e. The van der Waals surface area contributed by atoms with Gasteiger partial charge >= 0.3 is 11.9 Å². The Morgan fingerprint density at radius 1 is 1.23 bits per heavy atom. The van der Waals surface area contributed by atoms with Crippen LogP contribution in [-0.4, -0.2) is 27.5 Å². The Balaban J connectivity index is 2.08. The summed E-state index contributed by atoms with van der Waals surface area (Å²) in [4.78, 5) is 23.8. The van der Waals surface area contributed by atoms with Gasteiger partial charge in [-0.15, -0.1) is 0 Å². The molecule has 1 saturated heterocycles. The second-order valence-corrected chi connectivity index (χ2v) is 5.44. The average Bonchev–Trinajstić information content (AvgIpc) is 2.74. The summed E-state index contributed by atoms with van der Waals surface area (Å²) in [6, 6.07) is 2.79. The van der Waals surface area contributed by atoms with Crippen LogP contribution >= 0.6 is 0 Å². The number of carbonyl (C=O) groups is 2. The van der Waals surface area contributed by atoms with Crippen LogP contribution < -0.4 is 0 Å². The van der Waals surface area contributed by atoms with E-state index in [2.05, 4.69) is 5.10 Å². The van der Waals surface area contributed by atoms with Crippen molar-refractivity contribution in [3.8, 4) is 0 Å². The molecule has 2 aromatic rings. The number of carbonyl (C=O) groups excluding carboxylic acids is 2. The Labute approximate surface area is 125 Å². The number of aromatic nitrogens is 2. The molecule has 0 atom stereocenters. The van der Waals surface area contributed by atoms with Crippen molar-refractivity contribution >= 4 is 28.9 Å². The highest BCUT2D eigenvalue weighted by Gasteiger charge is 2.39. The molecule has 1 fully saturated rings. The molecule has 114 valence electrons. The SMILES string of the molecule is Cn1ncc2cc(F)c(C=C3C(=O)OC(C)(C)OC3=O)cc21. The van der Waals surface area contributed by atoms with E-state index in [1.807, 2.05) is 0 Å². The Morgan fingerprint density at radius 2 is 1.86 bits per heavy atom. The fourth-order valence-corrected chi connectivity index (χ4v) is 2.23. The van der Waals surface area contributed by atoms with Crippen LogP contribution in [-0.2, 0) is 26.1 Å². The zero-order valence-corrected chi connectivity index (χ0v) is 12.2. The van der Waals surface area contributed by atoms with Gasteiger partial charge < -0.3 is 9.47 Å². The average molecular weight is 304 g/mol. The van der Waals surface area contributed by atoms with Crippen LogP contribution in [0.25, 0.3) is 17.0 Å². The quantitative estimate of drug-likeness (QED) is 0.457. The minimum absolute atomic E-state index is 0.0831. The van der Waals surface area contributed by atoms with Gasteiger partial charge in [0.2, 0.25) is 0 Å². The van der Waals surface area contributed by atoms with Crippen LogP contribution in [0.4, 0.5) is 4.39 Å². The fourth-order valence-electron chi connectivity index (χ4n) is 2.23. The lowest BCUT2D eigenvalue weighted by Crippen LogP contribution is -2.41. The summed E-state index contributed by atoms with van der Waals surface area (Å²) in [5.74, 6) is -3.58. The number of rotatable bonds is 1. The first-order chi connectivity index (χ1) is 10.3. The summed E-state index contributed by atoms with van der Waals surface area (Å²) in [6.45, 7) is 2.89. The van der Waals surface area contributed by atoms with Crippen molar-refractivity contribution in [1.29, 1.82) is 0 Å². The number of nitrogens with zero attached hydrogens (tertiary/aromatic N) is 2. The Morgan fingerprint density at radius 3 is 2.50 bits per heavy atom. The molecule has 0 amide bonds. The second-order valence-electron chi connectivity index (χ2n) is 5.44. The highest BCUT2D eigenvalue weighted by Crippen LogP contribution is 2.26. The standard InChI is InChI=1S/C15H13FN2O4/c1-15(2)21-13(19)10(14(20)22-15)4-8-6-12-9(5-11(8)16)7-17-18(12)3/h4-7H,1-3H3. The third-order valence-electron chi connectivity index (χ3n) is 3.28. The number of benzene rings is 1. The van der Waals surface area contributed by atoms with Crippen molar-refractivity contribution < 1.29 is 23.5 Å². The number of cyclic esters (lactones) is 2. The lowest BCUT2D eigenvalue weighted by atomic mass is 10.1. The molecule has 0 spiro atoms. The van der Waals surface area contributed by atoms with Crippen molar-refractivity contribution in [3.63, 3.8) is 0 Å². The van der Waals surface area contributed by atoms with Gasteiger partial charge in [-0.3, -0.25) is 4.68 Å². The molecule has 1 aliphatic heterocycles. The highest BCUT2D eigenvalue weighted by atomic mass is 19.1. The molecule has 0 unspecified atom stereocenters. The van der Waals surface area contributed by atoms with Crippen molar-refractivity contribution in [1.82, 2.24) is 9.78 Å². The molecule has 0 radical (unpaired) electrons. The topological polar surface area (TPSA) is 70.4 Å². The zero-order valence-electron chi connectivity index (χ0n) is 12.2. The highest BCUT2D eigenvalue weighted by molar-refractivity contribution is 6.19. The minimum atomic E-state index is -1.32. The van der Waals surface area contributed by atoms with E-state index in [4.69, 9.17) is 9.47 Å². The maximum absolute atomic E-state index is 14.1. The Kier molecular flexibility index (Phi) is 3.01. The first-order valence-corrected chi connectivity index (χ1v) is 6.56. The second kappa shape index (κ2) is 4.66. The maximum atomic E-state index is 14.1. The molecule has 2 heterocycles. The van der Waals surface area contributed by atoms with Gasteiger partial charge in [-0.1, -0.05) is 0 Å². The molecule has 1 aromatic heterocycles. The first-order valence-electron chi connectivity index (χ1n) is 6.56. The number of hydrogen-bond donors (Lipinski definition) is 0. The molecule has 1 aliphatic rings. The van der Waals surface area contributed by atoms with Crippen LogP contribution in [0.5, 0.6) is 0 Å². The summed E-state index contributed by atoms with van der Waals surface area (Å²) >= 11 is 0. The number of aryl methyl sites for hydroxylation is 1. The normalized spacial score (nSPS) is 17.4. The third kappa shape index (κ3) is 2.34. The van der Waals surface area contributed by atoms with Crippen molar-refractivity contribution in [3.05, 3.63) is 35.3 Å². The molecule has 0 aliphatic carbocycles. The van der Waals surface area contributed by atoms with Crippen molar-refractivity contribution in [2.75, 3.05) is 0 Å². The lowest BCUT2D eigenvalue weighted by Gasteiger charge is -2.29. The van der Waals surface area contributed by atoms with Crippen molar-refractivity contribution in [2.45, 2.75) is 19.6 Å². The van der Waals surface area contributed by atoms with Gasteiger partial charge in [0.05, 0.1) is 11.7 Å². The molecule has 6 nitrogen and oxygen atoms in total. The van der Waals surface area contributed by atoms with Gasteiger partial charge in [0.15, 0.2) is 0 Å². The summed E-state index contributed by atoms with van der Waals surface area (Å²) in [5.41, 5.74) is 0.408. The molecule has 0 saturated carbocycles. The molecule has 22 heavy (non-hydrogen) atoms. The third-order valence-corrected chi connectivity index (χ3v) is 3.28. The van der Waals surface area contributed by atoms with E-state index in [-0.39, 0.29) is 11.1 Å². The zero-order chi connectivity index (χ0) is 16.1. The number of hydrogen-bond acceptors (Lipinski definition) is 5. The van der Waals surface area contributed by atoms with E-state index in [1.54, 1.807) is 11.7 Å². The summed E-state index contributed by atoms with van der Waals surface area (Å²) < 4.78 is 25.6. The molecule has 0 bridgehead atoms. The summed E-state index contributed by atoms with van der Waals surface area (Å²) in [7, 11) is 1.71. The van der Waals surface area contributed by atoms with E-state index in [0.29, 0.717) is 10.9 Å². The van der Waals surface area contributed by atoms with Crippen molar-refractivity contribution in [2.24, 2.45) is 7.05 Å². The minimum Gasteiger partial charge on any atom is -0.419 e. The fraction of sp³-hybridized carbons (Fsp3) is 0.267. The van der Waals surface area contributed by atoms with E-state index >= 15 is 0 Å². The maximum Gasteiger partial charge on any atom is 0.348 e. The van der Waals surface area contributed by atoms with Gasteiger partial charge in [-0.2, -0.15) is 5.10 Å². The number of halogens is 1. The molecule has 3 rings (SSSR count). The number of fused-ring (bicyclic) bond motifs is 1. The van der Waals surface area contributed by atoms with Gasteiger partial charge in [0.25, 0.3) is 5.79 Å². The van der Waals surface area contributed by atoms with Gasteiger partial charge in [-0.25, -0.2) is 14.0 Å². The van der Waals surface area contributed by atoms with Crippen LogP contribution in [0, 0.1) is 5.82 Å².